The molecule has 4 nitrogen and oxygen atoms in total. The standard InChI is InChI=1S/C12H21N3O/c1-4-10-6-5-7-14-12(10)11(15-13)8-16-9(2)3/h5-7,9,11,15H,4,8,13H2,1-3H3. The minimum absolute atomic E-state index is 0.0430. The molecule has 0 spiro atoms. The predicted octanol–water partition coefficient (Wildman–Crippen LogP) is 1.57. The zero-order chi connectivity index (χ0) is 12.0. The molecule has 0 aromatic carbocycles. The van der Waals surface area contributed by atoms with Gasteiger partial charge in [-0.15, -0.1) is 0 Å². The maximum absolute atomic E-state index is 5.57. The van der Waals surface area contributed by atoms with Crippen molar-refractivity contribution in [2.45, 2.75) is 39.3 Å². The van der Waals surface area contributed by atoms with E-state index in [0.29, 0.717) is 6.61 Å². The van der Waals surface area contributed by atoms with Crippen molar-refractivity contribution in [2.24, 2.45) is 5.84 Å². The number of hydrazine groups is 1. The minimum Gasteiger partial charge on any atom is -0.377 e. The smallest absolute Gasteiger partial charge is 0.0868 e. The van der Waals surface area contributed by atoms with Crippen LogP contribution in [-0.2, 0) is 11.2 Å². The first kappa shape index (κ1) is 13.1. The summed E-state index contributed by atoms with van der Waals surface area (Å²) in [5.41, 5.74) is 4.95. The number of nitrogens with two attached hydrogens (primary N) is 1. The molecule has 0 radical (unpaired) electrons. The van der Waals surface area contributed by atoms with Gasteiger partial charge in [0.05, 0.1) is 24.4 Å². The topological polar surface area (TPSA) is 60.2 Å². The molecule has 1 aromatic heterocycles. The summed E-state index contributed by atoms with van der Waals surface area (Å²) < 4.78 is 5.57. The lowest BCUT2D eigenvalue weighted by Gasteiger charge is -2.19. The van der Waals surface area contributed by atoms with E-state index in [2.05, 4.69) is 23.4 Å². The Hall–Kier alpha value is -0.970. The fourth-order valence-electron chi connectivity index (χ4n) is 1.56. The maximum Gasteiger partial charge on any atom is 0.0868 e. The molecule has 0 aliphatic carbocycles. The van der Waals surface area contributed by atoms with Crippen LogP contribution in [0.3, 0.4) is 0 Å². The van der Waals surface area contributed by atoms with Crippen LogP contribution >= 0.6 is 0 Å². The van der Waals surface area contributed by atoms with E-state index in [9.17, 15) is 0 Å². The van der Waals surface area contributed by atoms with Crippen molar-refractivity contribution >= 4 is 0 Å². The van der Waals surface area contributed by atoms with E-state index in [0.717, 1.165) is 12.1 Å². The summed E-state index contributed by atoms with van der Waals surface area (Å²) in [6, 6.07) is 3.97. The fourth-order valence-corrected chi connectivity index (χ4v) is 1.56. The quantitative estimate of drug-likeness (QED) is 0.568. The van der Waals surface area contributed by atoms with Gasteiger partial charge in [-0.25, -0.2) is 5.43 Å². The Balaban J connectivity index is 2.77. The third kappa shape index (κ3) is 3.56. The van der Waals surface area contributed by atoms with Crippen molar-refractivity contribution in [1.82, 2.24) is 10.4 Å². The molecule has 0 aliphatic heterocycles. The number of hydrogen-bond donors (Lipinski definition) is 2. The van der Waals surface area contributed by atoms with Gasteiger partial charge in [0.25, 0.3) is 0 Å². The van der Waals surface area contributed by atoms with Crippen LogP contribution in [0, 0.1) is 0 Å². The van der Waals surface area contributed by atoms with Crippen LogP contribution < -0.4 is 11.3 Å². The van der Waals surface area contributed by atoms with Gasteiger partial charge < -0.3 is 4.74 Å². The van der Waals surface area contributed by atoms with Gasteiger partial charge in [0.15, 0.2) is 0 Å². The van der Waals surface area contributed by atoms with Crippen LogP contribution in [0.4, 0.5) is 0 Å². The number of rotatable bonds is 6. The lowest BCUT2D eigenvalue weighted by atomic mass is 10.1. The van der Waals surface area contributed by atoms with Gasteiger partial charge in [0.2, 0.25) is 0 Å². The van der Waals surface area contributed by atoms with Crippen LogP contribution in [0.15, 0.2) is 18.3 Å². The lowest BCUT2D eigenvalue weighted by Crippen LogP contribution is -2.33. The normalized spacial score (nSPS) is 13.1. The molecule has 0 fully saturated rings. The summed E-state index contributed by atoms with van der Waals surface area (Å²) in [6.45, 7) is 6.66. The van der Waals surface area contributed by atoms with E-state index >= 15 is 0 Å². The number of pyridine rings is 1. The average Bonchev–Trinajstić information content (AvgIpc) is 2.30. The largest absolute Gasteiger partial charge is 0.377 e. The molecule has 1 unspecified atom stereocenters. The third-order valence-corrected chi connectivity index (χ3v) is 2.43. The van der Waals surface area contributed by atoms with Crippen LogP contribution in [0.25, 0.3) is 0 Å². The Bertz CT molecular complexity index is 315. The zero-order valence-corrected chi connectivity index (χ0v) is 10.2. The van der Waals surface area contributed by atoms with E-state index in [1.807, 2.05) is 19.9 Å². The molecular weight excluding hydrogens is 202 g/mol. The fraction of sp³-hybridized carbons (Fsp3) is 0.583. The molecule has 0 aliphatic rings. The van der Waals surface area contributed by atoms with Crippen LogP contribution in [0.2, 0.25) is 0 Å². The molecule has 1 atom stereocenters. The maximum atomic E-state index is 5.57. The van der Waals surface area contributed by atoms with Gasteiger partial charge in [-0.3, -0.25) is 10.8 Å². The molecule has 0 saturated heterocycles. The SMILES string of the molecule is CCc1cccnc1C(COC(C)C)NN. The molecule has 0 amide bonds. The number of hydrogen-bond acceptors (Lipinski definition) is 4. The molecule has 0 saturated carbocycles. The van der Waals surface area contributed by atoms with Gasteiger partial charge in [-0.1, -0.05) is 13.0 Å². The highest BCUT2D eigenvalue weighted by molar-refractivity contribution is 5.22. The molecule has 3 N–H and O–H groups in total. The Morgan fingerprint density at radius 3 is 2.81 bits per heavy atom. The summed E-state index contributed by atoms with van der Waals surface area (Å²) in [5.74, 6) is 5.54. The number of nitrogens with zero attached hydrogens (tertiary/aromatic N) is 1. The average molecular weight is 223 g/mol. The molecule has 90 valence electrons. The molecule has 1 rings (SSSR count). The summed E-state index contributed by atoms with van der Waals surface area (Å²) in [6.07, 6.45) is 2.93. The highest BCUT2D eigenvalue weighted by atomic mass is 16.5. The van der Waals surface area contributed by atoms with Crippen LogP contribution in [0.5, 0.6) is 0 Å². The summed E-state index contributed by atoms with van der Waals surface area (Å²) in [5, 5.41) is 0. The third-order valence-electron chi connectivity index (χ3n) is 2.43. The first-order valence-corrected chi connectivity index (χ1v) is 5.70. The predicted molar refractivity (Wildman–Crippen MR) is 64.8 cm³/mol. The van der Waals surface area contributed by atoms with Crippen molar-refractivity contribution in [3.63, 3.8) is 0 Å². The second-order valence-corrected chi connectivity index (χ2v) is 4.00. The van der Waals surface area contributed by atoms with E-state index in [1.165, 1.54) is 5.56 Å². The molecule has 0 bridgehead atoms. The second kappa shape index (κ2) is 6.58. The molecular formula is C12H21N3O. The van der Waals surface area contributed by atoms with E-state index in [-0.39, 0.29) is 12.1 Å². The van der Waals surface area contributed by atoms with E-state index in [4.69, 9.17) is 10.6 Å². The first-order chi connectivity index (χ1) is 7.69. The highest BCUT2D eigenvalue weighted by Gasteiger charge is 2.15. The number of aryl methyl sites for hydroxylation is 1. The molecule has 4 heteroatoms. The molecule has 1 aromatic rings. The zero-order valence-electron chi connectivity index (χ0n) is 10.2. The lowest BCUT2D eigenvalue weighted by molar-refractivity contribution is 0.0602. The summed E-state index contributed by atoms with van der Waals surface area (Å²) >= 11 is 0. The van der Waals surface area contributed by atoms with Gasteiger partial charge >= 0.3 is 0 Å². The van der Waals surface area contributed by atoms with Gasteiger partial charge in [0, 0.05) is 6.20 Å². The highest BCUT2D eigenvalue weighted by Crippen LogP contribution is 2.16. The Labute approximate surface area is 97.2 Å². The van der Waals surface area contributed by atoms with Crippen molar-refractivity contribution < 1.29 is 4.74 Å². The van der Waals surface area contributed by atoms with Crippen molar-refractivity contribution in [1.29, 1.82) is 0 Å². The van der Waals surface area contributed by atoms with Gasteiger partial charge in [0.1, 0.15) is 0 Å². The number of ether oxygens (including phenoxy) is 1. The Morgan fingerprint density at radius 1 is 1.50 bits per heavy atom. The van der Waals surface area contributed by atoms with Crippen molar-refractivity contribution in [2.75, 3.05) is 6.61 Å². The van der Waals surface area contributed by atoms with E-state index in [1.54, 1.807) is 6.20 Å². The summed E-state index contributed by atoms with van der Waals surface area (Å²) in [4.78, 5) is 4.38. The number of aromatic nitrogens is 1. The monoisotopic (exact) mass is 223 g/mol. The van der Waals surface area contributed by atoms with Crippen LogP contribution in [-0.4, -0.2) is 17.7 Å². The summed E-state index contributed by atoms with van der Waals surface area (Å²) in [7, 11) is 0. The van der Waals surface area contributed by atoms with E-state index < -0.39 is 0 Å². The molecule has 16 heavy (non-hydrogen) atoms. The minimum atomic E-state index is -0.0430. The first-order valence-electron chi connectivity index (χ1n) is 5.70. The van der Waals surface area contributed by atoms with Gasteiger partial charge in [-0.05, 0) is 31.9 Å². The van der Waals surface area contributed by atoms with Crippen molar-refractivity contribution in [3.05, 3.63) is 29.6 Å². The van der Waals surface area contributed by atoms with Gasteiger partial charge in [-0.2, -0.15) is 0 Å². The Kier molecular flexibility index (Phi) is 5.38. The van der Waals surface area contributed by atoms with Crippen molar-refractivity contribution in [3.8, 4) is 0 Å². The second-order valence-electron chi connectivity index (χ2n) is 4.00. The van der Waals surface area contributed by atoms with Crippen LogP contribution in [0.1, 0.15) is 38.1 Å². The Morgan fingerprint density at radius 2 is 2.25 bits per heavy atom. The number of nitrogens with one attached hydrogen (secondary N) is 1. The molecule has 1 heterocycles.